The van der Waals surface area contributed by atoms with Crippen LogP contribution in [0.1, 0.15) is 38.1 Å². The smallest absolute Gasteiger partial charge is 0.465 e. The van der Waals surface area contributed by atoms with Crippen LogP contribution in [0.15, 0.2) is 54.7 Å². The first kappa shape index (κ1) is 23.8. The molecule has 3 aromatic rings. The number of benzene rings is 2. The maximum Gasteiger partial charge on any atom is 0.494 e. The van der Waals surface area contributed by atoms with Crippen LogP contribution >= 0.6 is 0 Å². The van der Waals surface area contributed by atoms with Gasteiger partial charge in [0.1, 0.15) is 5.56 Å². The van der Waals surface area contributed by atoms with Crippen LogP contribution in [0, 0.1) is 11.6 Å². The van der Waals surface area contributed by atoms with E-state index in [-0.39, 0.29) is 11.4 Å². The Kier molecular flexibility index (Phi) is 6.18. The van der Waals surface area contributed by atoms with Crippen molar-refractivity contribution in [3.05, 3.63) is 71.9 Å². The molecular weight excluding hydrogens is 443 g/mol. The molecule has 1 aliphatic rings. The molecule has 0 aliphatic carbocycles. The summed E-state index contributed by atoms with van der Waals surface area (Å²) in [5.74, 6) is -3.53. The van der Waals surface area contributed by atoms with E-state index in [4.69, 9.17) is 14.0 Å². The van der Waals surface area contributed by atoms with Gasteiger partial charge in [0.25, 0.3) is 0 Å². The van der Waals surface area contributed by atoms with E-state index in [0.717, 1.165) is 17.6 Å². The number of rotatable bonds is 5. The van der Waals surface area contributed by atoms with E-state index >= 15 is 0 Å². The molecule has 34 heavy (non-hydrogen) atoms. The number of hydrogen-bond acceptors (Lipinski definition) is 6. The second-order valence-corrected chi connectivity index (χ2v) is 8.93. The molecule has 0 amide bonds. The van der Waals surface area contributed by atoms with E-state index in [1.165, 1.54) is 25.4 Å². The molecule has 1 fully saturated rings. The number of carbonyl (C=O) groups excluding carboxylic acids is 1. The summed E-state index contributed by atoms with van der Waals surface area (Å²) in [6, 6.07) is 12.3. The summed E-state index contributed by atoms with van der Waals surface area (Å²) in [6.07, 6.45) is 1.34. The van der Waals surface area contributed by atoms with Gasteiger partial charge in [-0.25, -0.2) is 18.6 Å². The van der Waals surface area contributed by atoms with E-state index in [0.29, 0.717) is 11.1 Å². The van der Waals surface area contributed by atoms with Gasteiger partial charge in [-0.2, -0.15) is 0 Å². The standard InChI is InChI=1S/C25H24BF2NO5/c1-24(2)25(3,4)34-26(33-24)17-10-8-15(9-11-17)16-13-19(27)21(20(28)14-16)32-22-18(23(30)31-5)7-6-12-29-22/h6-14H,1-5H3. The Balaban J connectivity index is 1.58. The molecule has 4 rings (SSSR count). The quantitative estimate of drug-likeness (QED) is 0.393. The van der Waals surface area contributed by atoms with Crippen molar-refractivity contribution in [3.63, 3.8) is 0 Å². The minimum Gasteiger partial charge on any atom is -0.465 e. The van der Waals surface area contributed by atoms with E-state index < -0.39 is 41.7 Å². The van der Waals surface area contributed by atoms with Crippen LogP contribution < -0.4 is 10.2 Å². The lowest BCUT2D eigenvalue weighted by Gasteiger charge is -2.32. The Hall–Kier alpha value is -3.30. The van der Waals surface area contributed by atoms with E-state index in [1.807, 2.05) is 27.7 Å². The molecular formula is C25H24BF2NO5. The van der Waals surface area contributed by atoms with Gasteiger partial charge in [0.05, 0.1) is 18.3 Å². The fourth-order valence-corrected chi connectivity index (χ4v) is 3.47. The van der Waals surface area contributed by atoms with Crippen LogP contribution in [-0.2, 0) is 14.0 Å². The summed E-state index contributed by atoms with van der Waals surface area (Å²) in [5.41, 5.74) is 0.717. The third-order valence-electron chi connectivity index (χ3n) is 6.14. The predicted octanol–water partition coefficient (Wildman–Crippen LogP) is 4.90. The normalized spacial score (nSPS) is 16.4. The summed E-state index contributed by atoms with van der Waals surface area (Å²) >= 11 is 0. The summed E-state index contributed by atoms with van der Waals surface area (Å²) in [6.45, 7) is 7.87. The number of hydrogen-bond donors (Lipinski definition) is 0. The van der Waals surface area contributed by atoms with Gasteiger partial charge < -0.3 is 18.8 Å². The molecule has 0 radical (unpaired) electrons. The Bertz CT molecular complexity index is 1190. The third kappa shape index (κ3) is 4.41. The van der Waals surface area contributed by atoms with Crippen molar-refractivity contribution in [1.82, 2.24) is 4.98 Å². The first-order valence-corrected chi connectivity index (χ1v) is 10.7. The molecule has 1 saturated heterocycles. The molecule has 0 spiro atoms. The third-order valence-corrected chi connectivity index (χ3v) is 6.14. The SMILES string of the molecule is COC(=O)c1cccnc1Oc1c(F)cc(-c2ccc(B3OC(C)(C)C(C)(C)O3)cc2)cc1F. The molecule has 176 valence electrons. The largest absolute Gasteiger partial charge is 0.494 e. The minimum absolute atomic E-state index is 0.0498. The molecule has 1 aromatic heterocycles. The molecule has 0 saturated carbocycles. The molecule has 0 bridgehead atoms. The van der Waals surface area contributed by atoms with Gasteiger partial charge in [-0.15, -0.1) is 0 Å². The fourth-order valence-electron chi connectivity index (χ4n) is 3.47. The molecule has 1 aliphatic heterocycles. The highest BCUT2D eigenvalue weighted by Crippen LogP contribution is 2.37. The lowest BCUT2D eigenvalue weighted by Crippen LogP contribution is -2.41. The van der Waals surface area contributed by atoms with Crippen molar-refractivity contribution >= 4 is 18.6 Å². The Morgan fingerprint density at radius 2 is 1.53 bits per heavy atom. The highest BCUT2D eigenvalue weighted by atomic mass is 19.1. The van der Waals surface area contributed by atoms with Gasteiger partial charge in [-0.05, 0) is 68.6 Å². The van der Waals surface area contributed by atoms with Crippen LogP contribution in [0.4, 0.5) is 8.78 Å². The van der Waals surface area contributed by atoms with Gasteiger partial charge in [-0.3, -0.25) is 0 Å². The van der Waals surface area contributed by atoms with Gasteiger partial charge in [-0.1, -0.05) is 24.3 Å². The summed E-state index contributed by atoms with van der Waals surface area (Å²) < 4.78 is 51.7. The fraction of sp³-hybridized carbons (Fsp3) is 0.280. The topological polar surface area (TPSA) is 66.9 Å². The lowest BCUT2D eigenvalue weighted by atomic mass is 9.78. The monoisotopic (exact) mass is 467 g/mol. The summed E-state index contributed by atoms with van der Waals surface area (Å²) in [5, 5.41) is 0. The van der Waals surface area contributed by atoms with Crippen molar-refractivity contribution in [2.24, 2.45) is 0 Å². The maximum absolute atomic E-state index is 14.8. The number of aromatic nitrogens is 1. The first-order valence-electron chi connectivity index (χ1n) is 10.7. The van der Waals surface area contributed by atoms with Gasteiger partial charge in [0.15, 0.2) is 11.6 Å². The number of ether oxygens (including phenoxy) is 2. The van der Waals surface area contributed by atoms with Crippen LogP contribution in [-0.4, -0.2) is 36.4 Å². The second kappa shape index (κ2) is 8.81. The Labute approximate surface area is 197 Å². The number of methoxy groups -OCH3 is 1. The van der Waals surface area contributed by atoms with Crippen molar-refractivity contribution in [3.8, 4) is 22.8 Å². The number of halogens is 2. The van der Waals surface area contributed by atoms with Crippen LogP contribution in [0.2, 0.25) is 0 Å². The highest BCUT2D eigenvalue weighted by Gasteiger charge is 2.51. The average molecular weight is 467 g/mol. The van der Waals surface area contributed by atoms with Crippen LogP contribution in [0.3, 0.4) is 0 Å². The molecule has 0 atom stereocenters. The van der Waals surface area contributed by atoms with Crippen molar-refractivity contribution in [2.45, 2.75) is 38.9 Å². The van der Waals surface area contributed by atoms with Crippen molar-refractivity contribution < 1.29 is 32.4 Å². The lowest BCUT2D eigenvalue weighted by molar-refractivity contribution is 0.00578. The number of carbonyl (C=O) groups is 1. The Morgan fingerprint density at radius 3 is 2.09 bits per heavy atom. The predicted molar refractivity (Wildman–Crippen MR) is 123 cm³/mol. The zero-order valence-corrected chi connectivity index (χ0v) is 19.5. The second-order valence-electron chi connectivity index (χ2n) is 8.93. The molecule has 2 aromatic carbocycles. The van der Waals surface area contributed by atoms with E-state index in [1.54, 1.807) is 24.3 Å². The number of pyridine rings is 1. The van der Waals surface area contributed by atoms with E-state index in [2.05, 4.69) is 9.72 Å². The average Bonchev–Trinajstić information content (AvgIpc) is 3.02. The number of nitrogens with zero attached hydrogens (tertiary/aromatic N) is 1. The molecule has 2 heterocycles. The Morgan fingerprint density at radius 1 is 0.941 bits per heavy atom. The zero-order valence-electron chi connectivity index (χ0n) is 19.5. The van der Waals surface area contributed by atoms with Crippen LogP contribution in [0.5, 0.6) is 11.6 Å². The minimum atomic E-state index is -0.938. The summed E-state index contributed by atoms with van der Waals surface area (Å²) in [4.78, 5) is 15.8. The summed E-state index contributed by atoms with van der Waals surface area (Å²) in [7, 11) is 0.651. The van der Waals surface area contributed by atoms with Crippen molar-refractivity contribution in [1.29, 1.82) is 0 Å². The number of esters is 1. The first-order chi connectivity index (χ1) is 16.0. The molecule has 9 heteroatoms. The zero-order chi connectivity index (χ0) is 24.7. The molecule has 0 unspecified atom stereocenters. The van der Waals surface area contributed by atoms with Crippen molar-refractivity contribution in [2.75, 3.05) is 7.11 Å². The van der Waals surface area contributed by atoms with Gasteiger partial charge in [0.2, 0.25) is 11.6 Å². The maximum atomic E-state index is 14.8. The van der Waals surface area contributed by atoms with Gasteiger partial charge >= 0.3 is 13.1 Å². The highest BCUT2D eigenvalue weighted by molar-refractivity contribution is 6.62. The van der Waals surface area contributed by atoms with E-state index in [9.17, 15) is 13.6 Å². The molecule has 0 N–H and O–H groups in total. The molecule has 6 nitrogen and oxygen atoms in total. The van der Waals surface area contributed by atoms with Gasteiger partial charge in [0, 0.05) is 6.20 Å². The van der Waals surface area contributed by atoms with Crippen LogP contribution in [0.25, 0.3) is 11.1 Å².